The average molecular weight is 328 g/mol. The maximum Gasteiger partial charge on any atom is 0.230 e. The molecule has 0 unspecified atom stereocenters. The predicted octanol–water partition coefficient (Wildman–Crippen LogP) is 0.511. The maximum atomic E-state index is 12.9. The summed E-state index contributed by atoms with van der Waals surface area (Å²) in [4.78, 5) is 26.3. The van der Waals surface area contributed by atoms with E-state index in [1.807, 2.05) is 11.0 Å². The first-order chi connectivity index (χ1) is 11.3. The van der Waals surface area contributed by atoms with Crippen molar-refractivity contribution in [1.82, 2.24) is 4.90 Å². The van der Waals surface area contributed by atoms with E-state index >= 15 is 0 Å². The molecule has 0 N–H and O–H groups in total. The van der Waals surface area contributed by atoms with Crippen LogP contribution in [0.4, 0.5) is 0 Å². The van der Waals surface area contributed by atoms with Gasteiger partial charge in [-0.1, -0.05) is 37.6 Å². The fraction of sp³-hybridized carbons (Fsp3) is 0.684. The number of allylic oxidation sites excluding steroid dienone is 1. The monoisotopic (exact) mass is 328 g/mol. The van der Waals surface area contributed by atoms with Gasteiger partial charge in [-0.3, -0.25) is 4.79 Å². The molecule has 5 nitrogen and oxygen atoms in total. The van der Waals surface area contributed by atoms with Crippen LogP contribution in [-0.4, -0.2) is 41.6 Å². The minimum atomic E-state index is -1.17. The fourth-order valence-electron chi connectivity index (χ4n) is 5.86. The van der Waals surface area contributed by atoms with Crippen LogP contribution in [0.1, 0.15) is 26.7 Å². The molecule has 1 amide bonds. The molecule has 3 heterocycles. The molecule has 0 aromatic rings. The molecular formula is C19H22NO4-. The van der Waals surface area contributed by atoms with E-state index in [4.69, 9.17) is 4.74 Å². The van der Waals surface area contributed by atoms with Crippen LogP contribution in [0, 0.1) is 29.1 Å². The van der Waals surface area contributed by atoms with Crippen molar-refractivity contribution in [3.05, 3.63) is 23.8 Å². The number of carboxylic acids is 1. The van der Waals surface area contributed by atoms with Crippen molar-refractivity contribution in [2.45, 2.75) is 38.4 Å². The van der Waals surface area contributed by atoms with Gasteiger partial charge in [-0.15, -0.1) is 0 Å². The summed E-state index contributed by atoms with van der Waals surface area (Å²) in [5.41, 5.74) is 0.915. The van der Waals surface area contributed by atoms with Crippen molar-refractivity contribution in [2.75, 3.05) is 13.1 Å². The van der Waals surface area contributed by atoms with Gasteiger partial charge in [0.25, 0.3) is 0 Å². The van der Waals surface area contributed by atoms with Crippen LogP contribution in [-0.2, 0) is 14.3 Å². The largest absolute Gasteiger partial charge is 0.550 e. The van der Waals surface area contributed by atoms with Gasteiger partial charge in [0, 0.05) is 18.4 Å². The summed E-state index contributed by atoms with van der Waals surface area (Å²) in [6, 6.07) is 0. The van der Waals surface area contributed by atoms with Crippen molar-refractivity contribution in [1.29, 1.82) is 0 Å². The summed E-state index contributed by atoms with van der Waals surface area (Å²) in [5.74, 6) is -1.42. The molecular weight excluding hydrogens is 306 g/mol. The lowest BCUT2D eigenvalue weighted by molar-refractivity contribution is -0.313. The molecule has 2 saturated heterocycles. The fourth-order valence-corrected chi connectivity index (χ4v) is 5.86. The number of likely N-dealkylation sites (tertiary alicyclic amines) is 1. The minimum Gasteiger partial charge on any atom is -0.550 e. The number of fused-ring (bicyclic) bond motifs is 2. The second kappa shape index (κ2) is 4.31. The third-order valence-corrected chi connectivity index (χ3v) is 7.41. The summed E-state index contributed by atoms with van der Waals surface area (Å²) < 4.78 is 5.91. The lowest BCUT2D eigenvalue weighted by Gasteiger charge is -2.56. The molecule has 3 fully saturated rings. The van der Waals surface area contributed by atoms with E-state index in [2.05, 4.69) is 19.9 Å². The van der Waals surface area contributed by atoms with Gasteiger partial charge in [-0.25, -0.2) is 0 Å². The van der Waals surface area contributed by atoms with Gasteiger partial charge < -0.3 is 19.5 Å². The number of carboxylic acid groups (broad SMARTS) is 1. The summed E-state index contributed by atoms with van der Waals surface area (Å²) in [6.45, 7) is 5.70. The highest BCUT2D eigenvalue weighted by atomic mass is 16.5. The smallest absolute Gasteiger partial charge is 0.230 e. The highest BCUT2D eigenvalue weighted by Gasteiger charge is 2.65. The molecule has 128 valence electrons. The first-order valence-electron chi connectivity index (χ1n) is 8.89. The Morgan fingerprint density at radius 2 is 2.25 bits per heavy atom. The van der Waals surface area contributed by atoms with Gasteiger partial charge in [-0.05, 0) is 30.1 Å². The van der Waals surface area contributed by atoms with Crippen LogP contribution in [0.5, 0.6) is 0 Å². The van der Waals surface area contributed by atoms with Gasteiger partial charge >= 0.3 is 0 Å². The molecule has 5 heteroatoms. The number of rotatable bonds is 3. The molecule has 0 aromatic carbocycles. The van der Waals surface area contributed by atoms with Crippen molar-refractivity contribution < 1.29 is 19.4 Å². The summed E-state index contributed by atoms with van der Waals surface area (Å²) in [6.07, 6.45) is 7.79. The normalized spacial score (nSPS) is 46.8. The standard InChI is InChI=1S/C19H23NO4/c1-18(2)11-4-3-10(12(18)7-11)8-20-9-19-6-5-13(24-19)14(17(22)23)15(19)16(20)21/h3,5-6,11-15H,4,7-9H2,1-2H3,(H,22,23)/p-1/t11-,12-,13+,14-,15+,19+/m0/s1. The Morgan fingerprint density at radius 3 is 2.92 bits per heavy atom. The topological polar surface area (TPSA) is 69.7 Å². The van der Waals surface area contributed by atoms with Crippen LogP contribution in [0.15, 0.2) is 23.8 Å². The first-order valence-corrected chi connectivity index (χ1v) is 8.89. The van der Waals surface area contributed by atoms with Crippen LogP contribution in [0.3, 0.4) is 0 Å². The van der Waals surface area contributed by atoms with E-state index in [1.165, 1.54) is 12.0 Å². The molecule has 0 aromatic heterocycles. The molecule has 1 spiro atoms. The highest BCUT2D eigenvalue weighted by Crippen LogP contribution is 2.59. The Balaban J connectivity index is 1.40. The molecule has 4 bridgehead atoms. The van der Waals surface area contributed by atoms with Crippen molar-refractivity contribution in [2.24, 2.45) is 29.1 Å². The molecule has 6 rings (SSSR count). The number of aliphatic carboxylic acids is 1. The van der Waals surface area contributed by atoms with Gasteiger partial charge in [0.15, 0.2) is 0 Å². The van der Waals surface area contributed by atoms with E-state index in [-0.39, 0.29) is 5.91 Å². The maximum absolute atomic E-state index is 12.9. The lowest BCUT2D eigenvalue weighted by atomic mass is 9.49. The molecule has 6 aliphatic rings. The average Bonchev–Trinajstić information content (AvgIpc) is 3.16. The van der Waals surface area contributed by atoms with Crippen LogP contribution in [0.2, 0.25) is 0 Å². The zero-order chi connectivity index (χ0) is 16.9. The van der Waals surface area contributed by atoms with Crippen molar-refractivity contribution in [3.63, 3.8) is 0 Å². The van der Waals surface area contributed by atoms with E-state index in [0.717, 1.165) is 12.3 Å². The zero-order valence-electron chi connectivity index (χ0n) is 14.0. The van der Waals surface area contributed by atoms with Crippen LogP contribution >= 0.6 is 0 Å². The second-order valence-corrected chi connectivity index (χ2v) is 8.73. The Labute approximate surface area is 141 Å². The number of nitrogens with zero attached hydrogens (tertiary/aromatic N) is 1. The SMILES string of the molecule is CC1(C)[C@H]2CC=C(CN3C[C@@]45C=C[C@@H](O4)[C@H](C(=O)[O-])[C@@H]5C3=O)[C@@H]1C2. The van der Waals surface area contributed by atoms with Gasteiger partial charge in [-0.2, -0.15) is 0 Å². The number of carbonyl (C=O) groups is 2. The molecule has 24 heavy (non-hydrogen) atoms. The van der Waals surface area contributed by atoms with Crippen LogP contribution < -0.4 is 5.11 Å². The summed E-state index contributed by atoms with van der Waals surface area (Å²) in [5, 5.41) is 11.5. The third kappa shape index (κ3) is 1.59. The van der Waals surface area contributed by atoms with E-state index < -0.39 is 29.5 Å². The van der Waals surface area contributed by atoms with Crippen molar-refractivity contribution in [3.8, 4) is 0 Å². The highest BCUT2D eigenvalue weighted by molar-refractivity contribution is 5.90. The Morgan fingerprint density at radius 1 is 1.46 bits per heavy atom. The Kier molecular flexibility index (Phi) is 2.64. The zero-order valence-corrected chi connectivity index (χ0v) is 14.0. The second-order valence-electron chi connectivity index (χ2n) is 8.73. The van der Waals surface area contributed by atoms with Gasteiger partial charge in [0.1, 0.15) is 5.60 Å². The van der Waals surface area contributed by atoms with Gasteiger partial charge in [0.2, 0.25) is 5.91 Å². The lowest BCUT2D eigenvalue weighted by Crippen LogP contribution is -2.50. The predicted molar refractivity (Wildman–Crippen MR) is 83.4 cm³/mol. The first kappa shape index (κ1) is 14.7. The quantitative estimate of drug-likeness (QED) is 0.708. The molecule has 3 aliphatic carbocycles. The molecule has 6 atom stereocenters. The summed E-state index contributed by atoms with van der Waals surface area (Å²) in [7, 11) is 0. The number of hydrogen-bond acceptors (Lipinski definition) is 4. The number of ether oxygens (including phenoxy) is 1. The van der Waals surface area contributed by atoms with Gasteiger partial charge in [0.05, 0.1) is 18.6 Å². The van der Waals surface area contributed by atoms with Crippen LogP contribution in [0.25, 0.3) is 0 Å². The molecule has 3 aliphatic heterocycles. The Hall–Kier alpha value is -1.62. The van der Waals surface area contributed by atoms with E-state index in [1.54, 1.807) is 6.08 Å². The molecule has 1 saturated carbocycles. The number of hydrogen-bond donors (Lipinski definition) is 0. The van der Waals surface area contributed by atoms with E-state index in [0.29, 0.717) is 24.4 Å². The summed E-state index contributed by atoms with van der Waals surface area (Å²) >= 11 is 0. The minimum absolute atomic E-state index is 0.0868. The Bertz CT molecular complexity index is 708. The van der Waals surface area contributed by atoms with E-state index in [9.17, 15) is 14.7 Å². The number of amides is 1. The van der Waals surface area contributed by atoms with Crippen molar-refractivity contribution >= 4 is 11.9 Å². The third-order valence-electron chi connectivity index (χ3n) is 7.41. The number of carbonyl (C=O) groups excluding carboxylic acids is 2. The molecule has 0 radical (unpaired) electrons.